The van der Waals surface area contributed by atoms with Gasteiger partial charge in [-0.05, 0) is 36.8 Å². The average molecular weight is 401 g/mol. The van der Waals surface area contributed by atoms with Crippen molar-refractivity contribution in [3.8, 4) is 5.75 Å². The lowest BCUT2D eigenvalue weighted by Crippen LogP contribution is -2.36. The first-order chi connectivity index (χ1) is 12.4. The maximum absolute atomic E-state index is 12.4. The van der Waals surface area contributed by atoms with Gasteiger partial charge in [-0.3, -0.25) is 4.79 Å². The monoisotopic (exact) mass is 400 g/mol. The van der Waals surface area contributed by atoms with Gasteiger partial charge in [0, 0.05) is 6.42 Å². The molecule has 1 aliphatic rings. The summed E-state index contributed by atoms with van der Waals surface area (Å²) in [5.41, 5.74) is 1.31. The molecule has 3 rings (SSSR count). The van der Waals surface area contributed by atoms with E-state index in [4.69, 9.17) is 16.4 Å². The van der Waals surface area contributed by atoms with E-state index in [-0.39, 0.29) is 11.7 Å². The average Bonchev–Trinajstić information content (AvgIpc) is 3.23. The molecule has 2 heterocycles. The number of rotatable bonds is 6. The number of amides is 1. The number of ether oxygens (including phenoxy) is 1. The maximum atomic E-state index is 12.4. The van der Waals surface area contributed by atoms with Gasteiger partial charge in [0.25, 0.3) is 5.91 Å². The Bertz CT molecular complexity index is 828. The van der Waals surface area contributed by atoms with Gasteiger partial charge >= 0.3 is 6.61 Å². The topological polar surface area (TPSA) is 59.9 Å². The molecule has 0 spiro atoms. The summed E-state index contributed by atoms with van der Waals surface area (Å²) in [6.07, 6.45) is -0.405. The lowest BCUT2D eigenvalue weighted by molar-refractivity contribution is -0.131. The van der Waals surface area contributed by atoms with Gasteiger partial charge in [-0.25, -0.2) is 0 Å². The molecule has 0 aliphatic carbocycles. The molecule has 0 bridgehead atoms. The Morgan fingerprint density at radius 3 is 2.92 bits per heavy atom. The lowest BCUT2D eigenvalue weighted by Gasteiger charge is -2.17. The SMILES string of the molecule is C[C@@H](NC(=O)[C@H]1CC(c2ccc(Cl)s2)=NO1)c1cccc(OC(F)F)c1. The number of carbonyl (C=O) groups is 1. The molecule has 138 valence electrons. The summed E-state index contributed by atoms with van der Waals surface area (Å²) in [5, 5.41) is 6.75. The lowest BCUT2D eigenvalue weighted by atomic mass is 10.1. The zero-order chi connectivity index (χ0) is 18.7. The van der Waals surface area contributed by atoms with Crippen molar-refractivity contribution in [2.45, 2.75) is 32.1 Å². The van der Waals surface area contributed by atoms with Gasteiger partial charge in [-0.1, -0.05) is 28.9 Å². The van der Waals surface area contributed by atoms with Crippen molar-refractivity contribution in [3.63, 3.8) is 0 Å². The normalized spacial score (nSPS) is 17.6. The summed E-state index contributed by atoms with van der Waals surface area (Å²) in [6, 6.07) is 9.37. The molecule has 2 atom stereocenters. The number of hydrogen-bond donors (Lipinski definition) is 1. The Labute approximate surface area is 157 Å². The number of nitrogens with one attached hydrogen (secondary N) is 1. The molecule has 0 unspecified atom stereocenters. The van der Waals surface area contributed by atoms with E-state index in [1.807, 2.05) is 6.07 Å². The molecule has 26 heavy (non-hydrogen) atoms. The third-order valence-electron chi connectivity index (χ3n) is 3.76. The number of oxime groups is 1. The molecule has 1 amide bonds. The van der Waals surface area contributed by atoms with Gasteiger partial charge in [-0.2, -0.15) is 8.78 Å². The Morgan fingerprint density at radius 2 is 2.23 bits per heavy atom. The van der Waals surface area contributed by atoms with E-state index >= 15 is 0 Å². The second-order valence-corrected chi connectivity index (χ2v) is 7.34. The second-order valence-electron chi connectivity index (χ2n) is 5.62. The molecule has 1 aromatic carbocycles. The van der Waals surface area contributed by atoms with Crippen LogP contribution in [0.3, 0.4) is 0 Å². The summed E-state index contributed by atoms with van der Waals surface area (Å²) in [5.74, 6) is -0.296. The van der Waals surface area contributed by atoms with E-state index in [0.717, 1.165) is 4.88 Å². The van der Waals surface area contributed by atoms with Gasteiger partial charge in [0.05, 0.1) is 15.3 Å². The number of halogens is 3. The quantitative estimate of drug-likeness (QED) is 0.783. The highest BCUT2D eigenvalue weighted by Gasteiger charge is 2.30. The molecule has 1 N–H and O–H groups in total. The van der Waals surface area contributed by atoms with Crippen LogP contribution in [-0.4, -0.2) is 24.3 Å². The van der Waals surface area contributed by atoms with E-state index in [1.54, 1.807) is 25.1 Å². The van der Waals surface area contributed by atoms with E-state index in [1.165, 1.54) is 23.5 Å². The predicted molar refractivity (Wildman–Crippen MR) is 95.0 cm³/mol. The minimum Gasteiger partial charge on any atom is -0.435 e. The van der Waals surface area contributed by atoms with Crippen LogP contribution in [0, 0.1) is 0 Å². The van der Waals surface area contributed by atoms with E-state index in [2.05, 4.69) is 15.2 Å². The molecule has 0 saturated heterocycles. The van der Waals surface area contributed by atoms with Crippen LogP contribution < -0.4 is 10.1 Å². The van der Waals surface area contributed by atoms with Gasteiger partial charge in [-0.15, -0.1) is 11.3 Å². The van der Waals surface area contributed by atoms with Crippen molar-refractivity contribution in [1.29, 1.82) is 0 Å². The highest BCUT2D eigenvalue weighted by atomic mass is 35.5. The largest absolute Gasteiger partial charge is 0.435 e. The molecule has 0 saturated carbocycles. The summed E-state index contributed by atoms with van der Waals surface area (Å²) in [7, 11) is 0. The zero-order valence-electron chi connectivity index (χ0n) is 13.6. The Kier molecular flexibility index (Phi) is 5.73. The van der Waals surface area contributed by atoms with Crippen molar-refractivity contribution >= 4 is 34.6 Å². The van der Waals surface area contributed by atoms with E-state index in [9.17, 15) is 13.6 Å². The van der Waals surface area contributed by atoms with Crippen LogP contribution in [0.1, 0.15) is 29.8 Å². The third-order valence-corrected chi connectivity index (χ3v) is 5.04. The Hall–Kier alpha value is -2.19. The van der Waals surface area contributed by atoms with Crippen molar-refractivity contribution in [2.24, 2.45) is 5.16 Å². The fourth-order valence-corrected chi connectivity index (χ4v) is 3.52. The smallest absolute Gasteiger partial charge is 0.387 e. The van der Waals surface area contributed by atoms with Crippen molar-refractivity contribution in [3.05, 3.63) is 51.2 Å². The summed E-state index contributed by atoms with van der Waals surface area (Å²) >= 11 is 7.27. The first kappa shape index (κ1) is 18.6. The summed E-state index contributed by atoms with van der Waals surface area (Å²) < 4.78 is 29.6. The molecule has 5 nitrogen and oxygen atoms in total. The van der Waals surface area contributed by atoms with Crippen LogP contribution in [0.15, 0.2) is 41.6 Å². The summed E-state index contributed by atoms with van der Waals surface area (Å²) in [6.45, 7) is -1.15. The zero-order valence-corrected chi connectivity index (χ0v) is 15.2. The first-order valence-corrected chi connectivity index (χ1v) is 8.95. The van der Waals surface area contributed by atoms with E-state index in [0.29, 0.717) is 22.0 Å². The minimum absolute atomic E-state index is 0.0379. The predicted octanol–water partition coefficient (Wildman–Crippen LogP) is 4.37. The highest BCUT2D eigenvalue weighted by Crippen LogP contribution is 2.27. The van der Waals surface area contributed by atoms with Crippen LogP contribution in [0.2, 0.25) is 4.34 Å². The second kappa shape index (κ2) is 8.01. The third kappa shape index (κ3) is 4.50. The molecule has 9 heteroatoms. The van der Waals surface area contributed by atoms with Crippen LogP contribution in [0.5, 0.6) is 5.75 Å². The van der Waals surface area contributed by atoms with Gasteiger partial charge < -0.3 is 14.9 Å². The fraction of sp³-hybridized carbons (Fsp3) is 0.294. The number of alkyl halides is 2. The van der Waals surface area contributed by atoms with Crippen LogP contribution in [0.4, 0.5) is 8.78 Å². The van der Waals surface area contributed by atoms with Crippen LogP contribution in [-0.2, 0) is 9.63 Å². The maximum Gasteiger partial charge on any atom is 0.387 e. The van der Waals surface area contributed by atoms with Crippen LogP contribution >= 0.6 is 22.9 Å². The van der Waals surface area contributed by atoms with Crippen molar-refractivity contribution in [1.82, 2.24) is 5.32 Å². The van der Waals surface area contributed by atoms with Crippen molar-refractivity contribution in [2.75, 3.05) is 0 Å². The molecule has 0 radical (unpaired) electrons. The molecule has 1 aliphatic heterocycles. The molecular formula is C17H15ClF2N2O3S. The number of benzene rings is 1. The van der Waals surface area contributed by atoms with Gasteiger partial charge in [0.2, 0.25) is 6.10 Å². The molecular weight excluding hydrogens is 386 g/mol. The number of nitrogens with zero attached hydrogens (tertiary/aromatic N) is 1. The molecule has 2 aromatic rings. The van der Waals surface area contributed by atoms with Gasteiger partial charge in [0.1, 0.15) is 11.5 Å². The van der Waals surface area contributed by atoms with Crippen LogP contribution in [0.25, 0.3) is 0 Å². The van der Waals surface area contributed by atoms with Gasteiger partial charge in [0.15, 0.2) is 0 Å². The molecule has 1 aromatic heterocycles. The Balaban J connectivity index is 1.58. The standard InChI is InChI=1S/C17H15ClF2N2O3S/c1-9(10-3-2-4-11(7-10)24-17(19)20)21-16(23)13-8-12(22-25-13)14-5-6-15(18)26-14/h2-7,9,13,17H,8H2,1H3,(H,21,23)/t9-,13-/m1/s1. The Morgan fingerprint density at radius 1 is 1.42 bits per heavy atom. The van der Waals surface area contributed by atoms with Crippen molar-refractivity contribution < 1.29 is 23.1 Å². The highest BCUT2D eigenvalue weighted by molar-refractivity contribution is 7.18. The summed E-state index contributed by atoms with van der Waals surface area (Å²) in [4.78, 5) is 18.5. The number of hydrogen-bond acceptors (Lipinski definition) is 5. The van der Waals surface area contributed by atoms with E-state index < -0.39 is 18.8 Å². The minimum atomic E-state index is -2.90. The number of carbonyl (C=O) groups excluding carboxylic acids is 1. The fourth-order valence-electron chi connectivity index (χ4n) is 2.48. The first-order valence-electron chi connectivity index (χ1n) is 7.76. The number of thiophene rings is 1. The molecule has 0 fully saturated rings.